The number of hydrogen-bond donors (Lipinski definition) is 1. The van der Waals surface area contributed by atoms with Crippen LogP contribution in [0.1, 0.15) is 68.3 Å². The van der Waals surface area contributed by atoms with Crippen LogP contribution in [-0.4, -0.2) is 28.5 Å². The summed E-state index contributed by atoms with van der Waals surface area (Å²) in [5, 5.41) is 8.32. The molecule has 19 heavy (non-hydrogen) atoms. The van der Waals surface area contributed by atoms with Gasteiger partial charge in [-0.1, -0.05) is 18.5 Å². The fraction of sp³-hybridized carbons (Fsp3) is 0.857. The van der Waals surface area contributed by atoms with E-state index in [-0.39, 0.29) is 0 Å². The van der Waals surface area contributed by atoms with Crippen molar-refractivity contribution in [3.63, 3.8) is 0 Å². The van der Waals surface area contributed by atoms with Gasteiger partial charge in [-0.15, -0.1) is 0 Å². The van der Waals surface area contributed by atoms with Gasteiger partial charge in [-0.3, -0.25) is 0 Å². The molecule has 1 aliphatic heterocycles. The van der Waals surface area contributed by atoms with E-state index in [0.29, 0.717) is 17.2 Å². The van der Waals surface area contributed by atoms with Gasteiger partial charge in [0.05, 0.1) is 11.2 Å². The lowest BCUT2D eigenvalue weighted by molar-refractivity contribution is 0.327. The maximum Gasteiger partial charge on any atom is 0.231 e. The van der Waals surface area contributed by atoms with E-state index < -0.39 is 0 Å². The monoisotopic (exact) mass is 281 g/mol. The van der Waals surface area contributed by atoms with Gasteiger partial charge < -0.3 is 9.84 Å². The van der Waals surface area contributed by atoms with Crippen LogP contribution in [-0.2, 0) is 0 Å². The molecule has 1 aliphatic carbocycles. The third kappa shape index (κ3) is 2.97. The van der Waals surface area contributed by atoms with E-state index >= 15 is 0 Å². The van der Waals surface area contributed by atoms with Crippen molar-refractivity contribution in [1.82, 2.24) is 15.5 Å². The third-order valence-corrected chi connectivity index (χ3v) is 5.54. The first-order chi connectivity index (χ1) is 9.38. The van der Waals surface area contributed by atoms with Crippen LogP contribution in [0.4, 0.5) is 0 Å². The smallest absolute Gasteiger partial charge is 0.231 e. The lowest BCUT2D eigenvalue weighted by Crippen LogP contribution is -2.31. The Kier molecular flexibility index (Phi) is 4.43. The molecular weight excluding hydrogens is 258 g/mol. The summed E-state index contributed by atoms with van der Waals surface area (Å²) in [6, 6.07) is 0.532. The standard InChI is InChI=1S/C14H23N3OS/c1-2-8-15-11-6-3-5-10(11)14-16-13(17-18-14)12-7-4-9-19-12/h10-12,15H,2-9H2,1H3. The lowest BCUT2D eigenvalue weighted by atomic mass is 10.0. The Hall–Kier alpha value is -0.550. The van der Waals surface area contributed by atoms with Crippen LogP contribution >= 0.6 is 11.8 Å². The number of aromatic nitrogens is 2. The number of rotatable bonds is 5. The molecule has 1 saturated carbocycles. The van der Waals surface area contributed by atoms with E-state index in [9.17, 15) is 0 Å². The minimum absolute atomic E-state index is 0.430. The van der Waals surface area contributed by atoms with Crippen LogP contribution < -0.4 is 5.32 Å². The Bertz CT molecular complexity index is 403. The van der Waals surface area contributed by atoms with Crippen molar-refractivity contribution in [2.24, 2.45) is 0 Å². The van der Waals surface area contributed by atoms with Crippen LogP contribution in [0.5, 0.6) is 0 Å². The van der Waals surface area contributed by atoms with Gasteiger partial charge in [-0.2, -0.15) is 16.7 Å². The van der Waals surface area contributed by atoms with Crippen molar-refractivity contribution < 1.29 is 4.52 Å². The van der Waals surface area contributed by atoms with Gasteiger partial charge in [0.15, 0.2) is 5.82 Å². The molecule has 5 heteroatoms. The predicted octanol–water partition coefficient (Wildman–Crippen LogP) is 3.27. The first-order valence-electron chi connectivity index (χ1n) is 7.57. The van der Waals surface area contributed by atoms with Gasteiger partial charge >= 0.3 is 0 Å². The van der Waals surface area contributed by atoms with E-state index in [1.54, 1.807) is 0 Å². The molecule has 0 aromatic carbocycles. The van der Waals surface area contributed by atoms with E-state index in [2.05, 4.69) is 17.4 Å². The second-order valence-corrected chi connectivity index (χ2v) is 6.90. The van der Waals surface area contributed by atoms with E-state index in [0.717, 1.165) is 18.3 Å². The minimum Gasteiger partial charge on any atom is -0.339 e. The van der Waals surface area contributed by atoms with E-state index in [4.69, 9.17) is 9.51 Å². The zero-order valence-corrected chi connectivity index (χ0v) is 12.4. The highest BCUT2D eigenvalue weighted by atomic mass is 32.2. The maximum atomic E-state index is 5.56. The molecule has 3 atom stereocenters. The van der Waals surface area contributed by atoms with Gasteiger partial charge in [0.2, 0.25) is 5.89 Å². The summed E-state index contributed by atoms with van der Waals surface area (Å²) in [5.74, 6) is 3.46. The largest absolute Gasteiger partial charge is 0.339 e. The molecule has 4 nitrogen and oxygen atoms in total. The van der Waals surface area contributed by atoms with Crippen LogP contribution in [0.3, 0.4) is 0 Å². The van der Waals surface area contributed by atoms with Gasteiger partial charge in [-0.25, -0.2) is 0 Å². The number of thioether (sulfide) groups is 1. The molecule has 2 aliphatic rings. The Labute approximate surface area is 119 Å². The van der Waals surface area contributed by atoms with E-state index in [1.807, 2.05) is 11.8 Å². The first-order valence-corrected chi connectivity index (χ1v) is 8.62. The highest BCUT2D eigenvalue weighted by molar-refractivity contribution is 7.99. The lowest BCUT2D eigenvalue weighted by Gasteiger charge is -2.17. The second-order valence-electron chi connectivity index (χ2n) is 5.59. The molecule has 0 spiro atoms. The topological polar surface area (TPSA) is 51.0 Å². The van der Waals surface area contributed by atoms with Gasteiger partial charge in [0, 0.05) is 6.04 Å². The van der Waals surface area contributed by atoms with Crippen molar-refractivity contribution in [2.75, 3.05) is 12.3 Å². The van der Waals surface area contributed by atoms with Crippen LogP contribution in [0, 0.1) is 0 Å². The fourth-order valence-electron chi connectivity index (χ4n) is 3.14. The zero-order valence-electron chi connectivity index (χ0n) is 11.6. The Morgan fingerprint density at radius 3 is 3.05 bits per heavy atom. The molecule has 0 bridgehead atoms. The van der Waals surface area contributed by atoms with Crippen molar-refractivity contribution >= 4 is 11.8 Å². The summed E-state index contributed by atoms with van der Waals surface area (Å²) in [6.07, 6.45) is 7.34. The normalized spacial score (nSPS) is 31.1. The van der Waals surface area contributed by atoms with Gasteiger partial charge in [0.25, 0.3) is 0 Å². The molecule has 3 rings (SSSR count). The average molecular weight is 281 g/mol. The quantitative estimate of drug-likeness (QED) is 0.897. The van der Waals surface area contributed by atoms with Crippen molar-refractivity contribution in [2.45, 2.75) is 62.7 Å². The highest BCUT2D eigenvalue weighted by Gasteiger charge is 2.33. The summed E-state index contributed by atoms with van der Waals surface area (Å²) in [6.45, 7) is 3.29. The molecule has 1 aromatic rings. The molecular formula is C14H23N3OS. The summed E-state index contributed by atoms with van der Waals surface area (Å²) in [7, 11) is 0. The molecule has 0 amide bonds. The summed E-state index contributed by atoms with van der Waals surface area (Å²) < 4.78 is 5.56. The van der Waals surface area contributed by atoms with Crippen LogP contribution in [0.25, 0.3) is 0 Å². The summed E-state index contributed by atoms with van der Waals surface area (Å²) in [5.41, 5.74) is 0. The summed E-state index contributed by atoms with van der Waals surface area (Å²) >= 11 is 1.97. The molecule has 0 radical (unpaired) electrons. The highest BCUT2D eigenvalue weighted by Crippen LogP contribution is 2.40. The third-order valence-electron chi connectivity index (χ3n) is 4.16. The first kappa shape index (κ1) is 13.4. The fourth-order valence-corrected chi connectivity index (χ4v) is 4.34. The molecule has 2 fully saturated rings. The molecule has 2 heterocycles. The SMILES string of the molecule is CCCNC1CCCC1c1nc(C2CCCS2)no1. The second kappa shape index (κ2) is 6.27. The van der Waals surface area contributed by atoms with Crippen molar-refractivity contribution in [1.29, 1.82) is 0 Å². The summed E-state index contributed by atoms with van der Waals surface area (Å²) in [4.78, 5) is 4.69. The van der Waals surface area contributed by atoms with Gasteiger partial charge in [0.1, 0.15) is 0 Å². The number of nitrogens with zero attached hydrogens (tertiary/aromatic N) is 2. The van der Waals surface area contributed by atoms with Crippen LogP contribution in [0.15, 0.2) is 4.52 Å². The predicted molar refractivity (Wildman–Crippen MR) is 77.4 cm³/mol. The Morgan fingerprint density at radius 2 is 2.26 bits per heavy atom. The van der Waals surface area contributed by atoms with Gasteiger partial charge in [-0.05, 0) is 44.4 Å². The molecule has 1 saturated heterocycles. The molecule has 1 N–H and O–H groups in total. The number of nitrogens with one attached hydrogen (secondary N) is 1. The van der Waals surface area contributed by atoms with E-state index in [1.165, 1.54) is 44.3 Å². The molecule has 3 unspecified atom stereocenters. The number of hydrogen-bond acceptors (Lipinski definition) is 5. The van der Waals surface area contributed by atoms with Crippen molar-refractivity contribution in [3.05, 3.63) is 11.7 Å². The minimum atomic E-state index is 0.430. The van der Waals surface area contributed by atoms with Crippen LogP contribution in [0.2, 0.25) is 0 Å². The maximum absolute atomic E-state index is 5.56. The molecule has 1 aromatic heterocycles. The Morgan fingerprint density at radius 1 is 1.32 bits per heavy atom. The van der Waals surface area contributed by atoms with Crippen molar-refractivity contribution in [3.8, 4) is 0 Å². The molecule has 106 valence electrons. The average Bonchev–Trinajstić information content (AvgIpc) is 3.14. The zero-order chi connectivity index (χ0) is 13.1. The Balaban J connectivity index is 1.67.